The second-order valence-corrected chi connectivity index (χ2v) is 2.14. The van der Waals surface area contributed by atoms with Gasteiger partial charge in [0.05, 0.1) is 6.20 Å². The van der Waals surface area contributed by atoms with Gasteiger partial charge in [0.25, 0.3) is 0 Å². The van der Waals surface area contributed by atoms with Crippen molar-refractivity contribution in [3.05, 3.63) is 6.20 Å². The van der Waals surface area contributed by atoms with Gasteiger partial charge in [-0.2, -0.15) is 0 Å². The van der Waals surface area contributed by atoms with E-state index in [1.807, 2.05) is 0 Å². The summed E-state index contributed by atoms with van der Waals surface area (Å²) in [6.45, 7) is 1.50. The molecule has 0 aliphatic rings. The molecule has 0 spiro atoms. The van der Waals surface area contributed by atoms with E-state index in [-0.39, 0.29) is 5.82 Å². The Morgan fingerprint density at radius 2 is 2.55 bits per heavy atom. The molecule has 1 aromatic rings. The lowest BCUT2D eigenvalue weighted by Gasteiger charge is -2.02. The van der Waals surface area contributed by atoms with E-state index < -0.39 is 12.0 Å². The molecule has 1 atom stereocenters. The van der Waals surface area contributed by atoms with E-state index >= 15 is 0 Å². The first-order chi connectivity index (χ1) is 5.11. The molecule has 3 N–H and O–H groups in total. The Morgan fingerprint density at radius 3 is 2.91 bits per heavy atom. The van der Waals surface area contributed by atoms with E-state index in [1.165, 1.54) is 17.8 Å². The van der Waals surface area contributed by atoms with Crippen molar-refractivity contribution in [1.29, 1.82) is 0 Å². The minimum atomic E-state index is -0.963. The number of nitrogens with zero attached hydrogens (tertiary/aromatic N) is 3. The molecule has 0 saturated carbocycles. The molecular weight excluding hydrogens is 148 g/mol. The van der Waals surface area contributed by atoms with Gasteiger partial charge < -0.3 is 10.8 Å². The van der Waals surface area contributed by atoms with E-state index in [9.17, 15) is 4.79 Å². The maximum absolute atomic E-state index is 10.4. The third kappa shape index (κ3) is 1.46. The van der Waals surface area contributed by atoms with E-state index in [0.717, 1.165) is 0 Å². The molecule has 60 valence electrons. The zero-order chi connectivity index (χ0) is 8.43. The maximum Gasteiger partial charge on any atom is 0.328 e. The zero-order valence-electron chi connectivity index (χ0n) is 5.93. The highest BCUT2D eigenvalue weighted by Crippen LogP contribution is 2.04. The quantitative estimate of drug-likeness (QED) is 0.602. The van der Waals surface area contributed by atoms with Crippen molar-refractivity contribution in [2.75, 3.05) is 5.73 Å². The molecule has 0 amide bonds. The third-order valence-electron chi connectivity index (χ3n) is 1.28. The smallest absolute Gasteiger partial charge is 0.328 e. The Balaban J connectivity index is 2.84. The summed E-state index contributed by atoms with van der Waals surface area (Å²) in [6.07, 6.45) is 1.37. The lowest BCUT2D eigenvalue weighted by Crippen LogP contribution is -2.15. The summed E-state index contributed by atoms with van der Waals surface area (Å²) in [6, 6.07) is -0.722. The highest BCUT2D eigenvalue weighted by Gasteiger charge is 2.13. The summed E-state index contributed by atoms with van der Waals surface area (Å²) in [5, 5.41) is 15.5. The van der Waals surface area contributed by atoms with Crippen molar-refractivity contribution in [3.8, 4) is 0 Å². The first-order valence-electron chi connectivity index (χ1n) is 3.01. The fourth-order valence-electron chi connectivity index (χ4n) is 0.593. The maximum atomic E-state index is 10.4. The van der Waals surface area contributed by atoms with Crippen molar-refractivity contribution in [2.45, 2.75) is 13.0 Å². The number of aromatic nitrogens is 3. The molecule has 0 aliphatic heterocycles. The summed E-state index contributed by atoms with van der Waals surface area (Å²) in [5.41, 5.74) is 5.23. The van der Waals surface area contributed by atoms with Gasteiger partial charge in [-0.3, -0.25) is 0 Å². The van der Waals surface area contributed by atoms with Gasteiger partial charge in [-0.05, 0) is 6.92 Å². The van der Waals surface area contributed by atoms with Crippen molar-refractivity contribution in [3.63, 3.8) is 0 Å². The van der Waals surface area contributed by atoms with Crippen LogP contribution in [0.15, 0.2) is 6.20 Å². The lowest BCUT2D eigenvalue weighted by atomic mass is 10.3. The lowest BCUT2D eigenvalue weighted by molar-refractivity contribution is -0.140. The number of aliphatic carboxylic acids is 1. The number of carbonyl (C=O) groups is 1. The first-order valence-corrected chi connectivity index (χ1v) is 3.01. The van der Waals surface area contributed by atoms with Crippen molar-refractivity contribution in [1.82, 2.24) is 15.0 Å². The second-order valence-electron chi connectivity index (χ2n) is 2.14. The van der Waals surface area contributed by atoms with Crippen LogP contribution in [0.3, 0.4) is 0 Å². The summed E-state index contributed by atoms with van der Waals surface area (Å²) < 4.78 is 1.19. The Bertz CT molecular complexity index is 269. The van der Waals surface area contributed by atoms with Crippen molar-refractivity contribution in [2.24, 2.45) is 0 Å². The highest BCUT2D eigenvalue weighted by atomic mass is 16.4. The zero-order valence-corrected chi connectivity index (χ0v) is 5.93. The van der Waals surface area contributed by atoms with E-state index in [2.05, 4.69) is 10.3 Å². The van der Waals surface area contributed by atoms with Crippen LogP contribution in [-0.2, 0) is 4.79 Å². The molecule has 1 rings (SSSR count). The molecule has 1 unspecified atom stereocenters. The fourth-order valence-corrected chi connectivity index (χ4v) is 0.593. The normalized spacial score (nSPS) is 12.8. The van der Waals surface area contributed by atoms with Gasteiger partial charge in [-0.1, -0.05) is 5.21 Å². The van der Waals surface area contributed by atoms with Gasteiger partial charge in [0, 0.05) is 0 Å². The van der Waals surface area contributed by atoms with Crippen LogP contribution in [0.4, 0.5) is 5.82 Å². The van der Waals surface area contributed by atoms with Crippen LogP contribution < -0.4 is 5.73 Å². The summed E-state index contributed by atoms with van der Waals surface area (Å²) in [7, 11) is 0. The number of carboxylic acids is 1. The number of anilines is 1. The van der Waals surface area contributed by atoms with Crippen molar-refractivity contribution < 1.29 is 9.90 Å². The van der Waals surface area contributed by atoms with Crippen molar-refractivity contribution >= 4 is 11.8 Å². The molecule has 0 bridgehead atoms. The van der Waals surface area contributed by atoms with Crippen LogP contribution in [0.1, 0.15) is 13.0 Å². The molecule has 0 aromatic carbocycles. The minimum Gasteiger partial charge on any atom is -0.480 e. The molecule has 6 nitrogen and oxygen atoms in total. The molecular formula is C5H8N4O2. The predicted octanol–water partition coefficient (Wildman–Crippen LogP) is -0.494. The second kappa shape index (κ2) is 2.57. The summed E-state index contributed by atoms with van der Waals surface area (Å²) in [4.78, 5) is 10.4. The molecule has 1 aromatic heterocycles. The standard InChI is InChI=1S/C5H8N4O2/c1-3(5(10)11)9-2-4(6)7-8-9/h2-3H,6H2,1H3,(H,10,11). The number of nitrogen functional groups attached to an aromatic ring is 1. The predicted molar refractivity (Wildman–Crippen MR) is 36.8 cm³/mol. The highest BCUT2D eigenvalue weighted by molar-refractivity contribution is 5.71. The average Bonchev–Trinajstić information content (AvgIpc) is 2.34. The van der Waals surface area contributed by atoms with E-state index in [1.54, 1.807) is 0 Å². The van der Waals surface area contributed by atoms with Crippen LogP contribution in [0.25, 0.3) is 0 Å². The van der Waals surface area contributed by atoms with Gasteiger partial charge in [0.1, 0.15) is 6.04 Å². The van der Waals surface area contributed by atoms with E-state index in [0.29, 0.717) is 0 Å². The SMILES string of the molecule is CC(C(=O)O)n1cc(N)nn1. The van der Waals surface area contributed by atoms with Gasteiger partial charge in [-0.25, -0.2) is 9.48 Å². The molecule has 11 heavy (non-hydrogen) atoms. The van der Waals surface area contributed by atoms with Crippen LogP contribution in [0.2, 0.25) is 0 Å². The molecule has 0 aliphatic carbocycles. The van der Waals surface area contributed by atoms with Gasteiger partial charge in [-0.15, -0.1) is 5.10 Å². The Morgan fingerprint density at radius 1 is 1.91 bits per heavy atom. The Labute approximate surface area is 62.6 Å². The Hall–Kier alpha value is -1.59. The van der Waals surface area contributed by atoms with Gasteiger partial charge >= 0.3 is 5.97 Å². The van der Waals surface area contributed by atoms with Crippen LogP contribution in [0.5, 0.6) is 0 Å². The monoisotopic (exact) mass is 156 g/mol. The summed E-state index contributed by atoms with van der Waals surface area (Å²) >= 11 is 0. The average molecular weight is 156 g/mol. The molecule has 0 saturated heterocycles. The summed E-state index contributed by atoms with van der Waals surface area (Å²) in [5.74, 6) is -0.743. The topological polar surface area (TPSA) is 94.0 Å². The third-order valence-corrected chi connectivity index (χ3v) is 1.28. The Kier molecular flexibility index (Phi) is 1.75. The number of hydrogen-bond donors (Lipinski definition) is 2. The van der Waals surface area contributed by atoms with E-state index in [4.69, 9.17) is 10.8 Å². The van der Waals surface area contributed by atoms with Crippen LogP contribution in [0, 0.1) is 0 Å². The molecule has 1 heterocycles. The van der Waals surface area contributed by atoms with Gasteiger partial charge in [0.2, 0.25) is 0 Å². The minimum absolute atomic E-state index is 0.220. The number of hydrogen-bond acceptors (Lipinski definition) is 4. The largest absolute Gasteiger partial charge is 0.480 e. The van der Waals surface area contributed by atoms with Gasteiger partial charge in [0.15, 0.2) is 5.82 Å². The number of rotatable bonds is 2. The molecule has 0 radical (unpaired) electrons. The molecule has 0 fully saturated rings. The molecule has 6 heteroatoms. The number of nitrogens with two attached hydrogens (primary N) is 1. The fraction of sp³-hybridized carbons (Fsp3) is 0.400. The number of carboxylic acid groups (broad SMARTS) is 1. The first kappa shape index (κ1) is 7.52. The van der Waals surface area contributed by atoms with Crippen LogP contribution in [-0.4, -0.2) is 26.1 Å². The van der Waals surface area contributed by atoms with Crippen LogP contribution >= 0.6 is 0 Å².